The van der Waals surface area contributed by atoms with Crippen molar-refractivity contribution in [1.82, 2.24) is 9.97 Å². The van der Waals surface area contributed by atoms with Crippen LogP contribution in [-0.4, -0.2) is 15.9 Å². The van der Waals surface area contributed by atoms with E-state index in [-0.39, 0.29) is 34.5 Å². The van der Waals surface area contributed by atoms with E-state index in [1.54, 1.807) is 30.3 Å². The van der Waals surface area contributed by atoms with Crippen LogP contribution in [0.3, 0.4) is 0 Å². The Morgan fingerprint density at radius 3 is 2.59 bits per heavy atom. The number of benzene rings is 2. The van der Waals surface area contributed by atoms with E-state index in [9.17, 15) is 14.4 Å². The molecule has 0 unspecified atom stereocenters. The molecule has 1 aliphatic rings. The van der Waals surface area contributed by atoms with Gasteiger partial charge in [0.2, 0.25) is 11.8 Å². The highest BCUT2D eigenvalue weighted by Crippen LogP contribution is 2.36. The molecular formula is C25H21F2N5O2. The zero-order valence-corrected chi connectivity index (χ0v) is 18.6. The quantitative estimate of drug-likeness (QED) is 0.494. The Bertz CT molecular complexity index is 1330. The van der Waals surface area contributed by atoms with E-state index in [0.717, 1.165) is 30.8 Å². The van der Waals surface area contributed by atoms with Crippen LogP contribution in [-0.2, 0) is 11.2 Å². The molecule has 0 bridgehead atoms. The molecule has 9 heteroatoms. The third-order valence-electron chi connectivity index (χ3n) is 5.31. The summed E-state index contributed by atoms with van der Waals surface area (Å²) >= 11 is 0. The first-order valence-electron chi connectivity index (χ1n) is 10.6. The number of nitriles is 1. The number of allylic oxidation sites excluding steroid dienone is 1. The highest BCUT2D eigenvalue weighted by atomic mass is 19.1. The average Bonchev–Trinajstić information content (AvgIpc) is 3.00. The molecule has 0 saturated heterocycles. The first kappa shape index (κ1) is 22.9. The number of amides is 1. The van der Waals surface area contributed by atoms with Crippen LogP contribution in [0.25, 0.3) is 6.08 Å². The molecule has 2 N–H and O–H groups in total. The van der Waals surface area contributed by atoms with Gasteiger partial charge in [-0.2, -0.15) is 5.26 Å². The van der Waals surface area contributed by atoms with Crippen LogP contribution in [0.2, 0.25) is 0 Å². The highest BCUT2D eigenvalue weighted by Gasteiger charge is 2.22. The number of nitrogens with one attached hydrogen (secondary N) is 2. The van der Waals surface area contributed by atoms with Crippen LogP contribution in [0.5, 0.6) is 11.6 Å². The van der Waals surface area contributed by atoms with E-state index in [0.29, 0.717) is 23.4 Å². The van der Waals surface area contributed by atoms with Crippen molar-refractivity contribution in [3.8, 4) is 17.7 Å². The number of halogens is 2. The number of fused-ring (bicyclic) bond motifs is 1. The Kier molecular flexibility index (Phi) is 6.50. The van der Waals surface area contributed by atoms with Gasteiger partial charge >= 0.3 is 0 Å². The van der Waals surface area contributed by atoms with Crippen LogP contribution in [0.1, 0.15) is 43.4 Å². The highest BCUT2D eigenvalue weighted by molar-refractivity contribution is 5.88. The van der Waals surface area contributed by atoms with Crippen molar-refractivity contribution in [1.29, 1.82) is 5.26 Å². The number of rotatable bonds is 5. The zero-order valence-electron chi connectivity index (χ0n) is 18.6. The largest absolute Gasteiger partial charge is 0.434 e. The Labute approximate surface area is 195 Å². The Balaban J connectivity index is 1.65. The molecule has 0 aliphatic heterocycles. The molecular weight excluding hydrogens is 440 g/mol. The average molecular weight is 461 g/mol. The molecule has 2 aromatic carbocycles. The monoisotopic (exact) mass is 461 g/mol. The van der Waals surface area contributed by atoms with Crippen LogP contribution in [0, 0.1) is 23.0 Å². The maximum Gasteiger partial charge on any atom is 0.242 e. The number of hydrogen-bond donors (Lipinski definition) is 2. The van der Waals surface area contributed by atoms with Crippen LogP contribution >= 0.6 is 0 Å². The smallest absolute Gasteiger partial charge is 0.242 e. The lowest BCUT2D eigenvalue weighted by molar-refractivity contribution is -0.114. The summed E-state index contributed by atoms with van der Waals surface area (Å²) in [4.78, 5) is 19.2. The van der Waals surface area contributed by atoms with Gasteiger partial charge in [-0.15, -0.1) is 0 Å². The summed E-state index contributed by atoms with van der Waals surface area (Å²) in [6.07, 6.45) is 4.71. The first-order valence-corrected chi connectivity index (χ1v) is 10.6. The van der Waals surface area contributed by atoms with E-state index in [2.05, 4.69) is 20.6 Å². The minimum Gasteiger partial charge on any atom is -0.434 e. The predicted molar refractivity (Wildman–Crippen MR) is 124 cm³/mol. The number of ether oxygens (including phenoxy) is 1. The van der Waals surface area contributed by atoms with Crippen molar-refractivity contribution in [2.75, 3.05) is 10.6 Å². The van der Waals surface area contributed by atoms with E-state index in [1.165, 1.54) is 6.92 Å². The minimum atomic E-state index is -0.705. The number of anilines is 3. The molecule has 0 radical (unpaired) electrons. The van der Waals surface area contributed by atoms with Gasteiger partial charge in [0.25, 0.3) is 0 Å². The zero-order chi connectivity index (χ0) is 24.2. The number of hydrogen-bond acceptors (Lipinski definition) is 6. The van der Waals surface area contributed by atoms with E-state index in [4.69, 9.17) is 4.74 Å². The van der Waals surface area contributed by atoms with E-state index < -0.39 is 11.6 Å². The second-order valence-corrected chi connectivity index (χ2v) is 7.91. The fraction of sp³-hybridized carbons (Fsp3) is 0.200. The second kappa shape index (κ2) is 9.67. The summed E-state index contributed by atoms with van der Waals surface area (Å²) in [5.41, 5.74) is 2.54. The van der Waals surface area contributed by atoms with Crippen molar-refractivity contribution in [3.05, 3.63) is 70.6 Å². The number of nitrogens with zero attached hydrogens (tertiary/aromatic N) is 3. The standard InChI is InChI=1S/C25H21F2N5O2/c1-14-4-3-5-18-19(10-14)23(27)22(11-21(18)26)34-25-20(12-28)24(29-13-30-25)32-17-8-6-16(7-9-17)31-15(2)33/h6-11,13H,3-5H2,1-2H3,(H,31,33)(H,29,30,32). The van der Waals surface area contributed by atoms with Crippen molar-refractivity contribution >= 4 is 29.2 Å². The van der Waals surface area contributed by atoms with E-state index in [1.807, 2.05) is 13.0 Å². The topological polar surface area (TPSA) is 99.9 Å². The Hall–Kier alpha value is -4.32. The minimum absolute atomic E-state index is 0.0742. The molecule has 0 atom stereocenters. The molecule has 0 spiro atoms. The van der Waals surface area contributed by atoms with Crippen molar-refractivity contribution in [2.24, 2.45) is 0 Å². The van der Waals surface area contributed by atoms with Gasteiger partial charge in [0.15, 0.2) is 22.9 Å². The molecule has 4 rings (SSSR count). The Morgan fingerprint density at radius 1 is 1.15 bits per heavy atom. The summed E-state index contributed by atoms with van der Waals surface area (Å²) < 4.78 is 35.6. The van der Waals surface area contributed by atoms with Gasteiger partial charge in [-0.05, 0) is 56.0 Å². The maximum absolute atomic E-state index is 15.3. The molecule has 1 aromatic heterocycles. The van der Waals surface area contributed by atoms with Gasteiger partial charge < -0.3 is 15.4 Å². The van der Waals surface area contributed by atoms with Crippen LogP contribution in [0.4, 0.5) is 26.0 Å². The van der Waals surface area contributed by atoms with Gasteiger partial charge in [0.05, 0.1) is 0 Å². The lowest BCUT2D eigenvalue weighted by atomic mass is 10.0. The van der Waals surface area contributed by atoms with Crippen molar-refractivity contribution in [3.63, 3.8) is 0 Å². The number of aromatic nitrogens is 2. The molecule has 1 heterocycles. The lowest BCUT2D eigenvalue weighted by Crippen LogP contribution is -2.06. The molecule has 1 amide bonds. The van der Waals surface area contributed by atoms with Gasteiger partial charge in [-0.25, -0.2) is 18.7 Å². The molecule has 34 heavy (non-hydrogen) atoms. The molecule has 172 valence electrons. The predicted octanol–water partition coefficient (Wildman–Crippen LogP) is 5.86. The van der Waals surface area contributed by atoms with Crippen molar-refractivity contribution in [2.45, 2.75) is 33.1 Å². The normalized spacial score (nSPS) is 12.6. The van der Waals surface area contributed by atoms with Gasteiger partial charge in [-0.3, -0.25) is 4.79 Å². The summed E-state index contributed by atoms with van der Waals surface area (Å²) in [6.45, 7) is 3.28. The first-order chi connectivity index (χ1) is 16.4. The fourth-order valence-corrected chi connectivity index (χ4v) is 3.72. The Morgan fingerprint density at radius 2 is 1.88 bits per heavy atom. The summed E-state index contributed by atoms with van der Waals surface area (Å²) in [7, 11) is 0. The van der Waals surface area contributed by atoms with Crippen LogP contribution < -0.4 is 15.4 Å². The van der Waals surface area contributed by atoms with Gasteiger partial charge in [0, 0.05) is 29.9 Å². The lowest BCUT2D eigenvalue weighted by Gasteiger charge is -2.14. The molecule has 1 aliphatic carbocycles. The van der Waals surface area contributed by atoms with Gasteiger partial charge in [-0.1, -0.05) is 11.6 Å². The van der Waals surface area contributed by atoms with Gasteiger partial charge in [0.1, 0.15) is 18.2 Å². The SMILES string of the molecule is CC(=O)Nc1ccc(Nc2ncnc(Oc3cc(F)c4c(c3F)C=C(C)CCC4)c2C#N)cc1. The summed E-state index contributed by atoms with van der Waals surface area (Å²) in [5.74, 6) is -1.90. The fourth-order valence-electron chi connectivity index (χ4n) is 3.72. The number of carbonyl (C=O) groups is 1. The molecule has 7 nitrogen and oxygen atoms in total. The molecule has 0 saturated carbocycles. The molecule has 0 fully saturated rings. The van der Waals surface area contributed by atoms with Crippen LogP contribution in [0.15, 0.2) is 42.2 Å². The summed E-state index contributed by atoms with van der Waals surface area (Å²) in [6, 6.07) is 9.67. The maximum atomic E-state index is 15.3. The van der Waals surface area contributed by atoms with Crippen molar-refractivity contribution < 1.29 is 18.3 Å². The second-order valence-electron chi connectivity index (χ2n) is 7.91. The third kappa shape index (κ3) is 4.86. The third-order valence-corrected chi connectivity index (χ3v) is 5.31. The molecule has 3 aromatic rings. The number of carbonyl (C=O) groups excluding carboxylic acids is 1. The van der Waals surface area contributed by atoms with E-state index >= 15 is 4.39 Å². The summed E-state index contributed by atoms with van der Waals surface area (Å²) in [5, 5.41) is 15.3.